The molecule has 2 amide bonds. The molecule has 2 bridgehead atoms. The van der Waals surface area contributed by atoms with Crippen molar-refractivity contribution in [2.45, 2.75) is 31.3 Å². The number of amides is 2. The van der Waals surface area contributed by atoms with Crippen molar-refractivity contribution in [2.24, 2.45) is 0 Å². The van der Waals surface area contributed by atoms with Gasteiger partial charge in [-0.15, -0.1) is 4.28 Å². The fourth-order valence-electron chi connectivity index (χ4n) is 2.74. The second-order valence-corrected chi connectivity index (χ2v) is 8.52. The van der Waals surface area contributed by atoms with Crippen LogP contribution >= 0.6 is 0 Å². The fraction of sp³-hybridized carbons (Fsp3) is 0.727. The Balaban J connectivity index is 2.03. The zero-order valence-electron chi connectivity index (χ0n) is 13.6. The van der Waals surface area contributed by atoms with Crippen LogP contribution in [0.4, 0.5) is 4.79 Å². The molecule has 2 aliphatic heterocycles. The number of ether oxygens (including phenoxy) is 1. The molecule has 148 valence electrons. The summed E-state index contributed by atoms with van der Waals surface area (Å²) in [4.78, 5) is 24.3. The van der Waals surface area contributed by atoms with Crippen molar-refractivity contribution in [1.82, 2.24) is 14.7 Å². The van der Waals surface area contributed by atoms with Gasteiger partial charge in [-0.2, -0.15) is 13.5 Å². The van der Waals surface area contributed by atoms with Crippen molar-refractivity contribution in [3.63, 3.8) is 0 Å². The normalized spacial score (nSPS) is 23.1. The standard InChI is InChI=1S/C11H18N4O9S2/c1-23-9(16)4-5-25(18,19)13-10(12)8-3-2-7-6-14(8)11(17)15(7)24-26(20,21)22/h7-8H,2-6H2,1H3,(H2,12,13)(H,20,21,22)/t7-,8+/m1/s1. The molecule has 2 saturated heterocycles. The van der Waals surface area contributed by atoms with E-state index in [0.717, 1.165) is 12.0 Å². The van der Waals surface area contributed by atoms with Crippen molar-refractivity contribution in [3.8, 4) is 0 Å². The summed E-state index contributed by atoms with van der Waals surface area (Å²) in [7, 11) is -7.79. The van der Waals surface area contributed by atoms with Gasteiger partial charge in [0.05, 0.1) is 31.4 Å². The molecule has 0 saturated carbocycles. The number of rotatable bonds is 7. The minimum atomic E-state index is -4.89. The van der Waals surface area contributed by atoms with Gasteiger partial charge < -0.3 is 9.64 Å². The molecule has 0 aliphatic carbocycles. The number of hydrogen-bond donors (Lipinski definition) is 3. The minimum absolute atomic E-state index is 0.00525. The van der Waals surface area contributed by atoms with Gasteiger partial charge in [-0.1, -0.05) is 0 Å². The molecule has 0 aromatic rings. The van der Waals surface area contributed by atoms with Crippen LogP contribution < -0.4 is 4.72 Å². The number of methoxy groups -OCH3 is 1. The molecule has 0 radical (unpaired) electrons. The maximum atomic E-state index is 12.2. The number of carbonyl (C=O) groups is 2. The molecule has 0 aromatic heterocycles. The first-order chi connectivity index (χ1) is 11.9. The largest absolute Gasteiger partial charge is 0.469 e. The lowest BCUT2D eigenvalue weighted by Crippen LogP contribution is -2.51. The smallest absolute Gasteiger partial charge is 0.418 e. The molecule has 26 heavy (non-hydrogen) atoms. The van der Waals surface area contributed by atoms with Gasteiger partial charge >= 0.3 is 22.4 Å². The number of nitrogens with zero attached hydrogens (tertiary/aromatic N) is 2. The average Bonchev–Trinajstić information content (AvgIpc) is 2.75. The van der Waals surface area contributed by atoms with Crippen molar-refractivity contribution in [2.75, 3.05) is 19.4 Å². The molecule has 0 spiro atoms. The third kappa shape index (κ3) is 4.80. The van der Waals surface area contributed by atoms with Crippen LogP contribution in [0.5, 0.6) is 0 Å². The molecule has 0 aromatic carbocycles. The Hall–Kier alpha value is -1.97. The predicted octanol–water partition coefficient (Wildman–Crippen LogP) is -1.55. The Morgan fingerprint density at radius 2 is 2.00 bits per heavy atom. The summed E-state index contributed by atoms with van der Waals surface area (Å²) in [5.41, 5.74) is 0. The van der Waals surface area contributed by atoms with Crippen LogP contribution in [0.2, 0.25) is 0 Å². The third-order valence-electron chi connectivity index (χ3n) is 3.90. The van der Waals surface area contributed by atoms with Crippen LogP contribution in [0.25, 0.3) is 0 Å². The lowest BCUT2D eigenvalue weighted by molar-refractivity contribution is -0.140. The number of carbonyl (C=O) groups excluding carboxylic acids is 2. The first-order valence-corrected chi connectivity index (χ1v) is 10.4. The number of hydrogen-bond acceptors (Lipinski definition) is 9. The zero-order valence-corrected chi connectivity index (χ0v) is 15.2. The van der Waals surface area contributed by atoms with Crippen LogP contribution in [0.3, 0.4) is 0 Å². The highest BCUT2D eigenvalue weighted by Crippen LogP contribution is 2.30. The van der Waals surface area contributed by atoms with Crippen LogP contribution in [0.1, 0.15) is 19.3 Å². The second kappa shape index (κ2) is 7.34. The van der Waals surface area contributed by atoms with E-state index in [1.165, 1.54) is 0 Å². The molecule has 2 fully saturated rings. The van der Waals surface area contributed by atoms with Gasteiger partial charge in [-0.25, -0.2) is 13.2 Å². The van der Waals surface area contributed by atoms with Crippen LogP contribution in [-0.2, 0) is 34.2 Å². The highest BCUT2D eigenvalue weighted by atomic mass is 32.3. The monoisotopic (exact) mass is 414 g/mol. The molecule has 0 unspecified atom stereocenters. The Labute approximate surface area is 149 Å². The van der Waals surface area contributed by atoms with E-state index in [0.29, 0.717) is 5.06 Å². The van der Waals surface area contributed by atoms with E-state index in [9.17, 15) is 26.4 Å². The van der Waals surface area contributed by atoms with Crippen LogP contribution in [0.15, 0.2) is 0 Å². The molecular weight excluding hydrogens is 396 g/mol. The van der Waals surface area contributed by atoms with E-state index >= 15 is 0 Å². The van der Waals surface area contributed by atoms with Gasteiger partial charge in [0.2, 0.25) is 10.0 Å². The Morgan fingerprint density at radius 3 is 2.58 bits per heavy atom. The van der Waals surface area contributed by atoms with Gasteiger partial charge in [0, 0.05) is 6.54 Å². The molecule has 2 atom stereocenters. The topological polar surface area (TPSA) is 183 Å². The summed E-state index contributed by atoms with van der Waals surface area (Å²) in [6, 6.07) is -2.50. The van der Waals surface area contributed by atoms with E-state index in [1.807, 2.05) is 4.72 Å². The molecule has 2 rings (SSSR count). The van der Waals surface area contributed by atoms with E-state index in [2.05, 4.69) is 9.02 Å². The number of urea groups is 1. The summed E-state index contributed by atoms with van der Waals surface area (Å²) < 4.78 is 64.8. The van der Waals surface area contributed by atoms with E-state index in [4.69, 9.17) is 9.96 Å². The Kier molecular flexibility index (Phi) is 5.74. The van der Waals surface area contributed by atoms with Crippen molar-refractivity contribution in [3.05, 3.63) is 0 Å². The SMILES string of the molecule is COC(=O)CCS(=O)(=O)NC(=N)[C@@H]1CC[C@@H]2CN1C(=O)N2OS(=O)(=O)O. The molecule has 13 nitrogen and oxygen atoms in total. The number of sulfonamides is 1. The minimum Gasteiger partial charge on any atom is -0.469 e. The van der Waals surface area contributed by atoms with Gasteiger partial charge in [0.15, 0.2) is 0 Å². The molecule has 2 heterocycles. The first kappa shape index (κ1) is 20.3. The highest BCUT2D eigenvalue weighted by Gasteiger charge is 2.48. The molecule has 2 aliphatic rings. The van der Waals surface area contributed by atoms with Gasteiger partial charge in [0.25, 0.3) is 0 Å². The van der Waals surface area contributed by atoms with E-state index in [1.54, 1.807) is 0 Å². The Bertz CT molecular complexity index is 810. The predicted molar refractivity (Wildman–Crippen MR) is 84.7 cm³/mol. The van der Waals surface area contributed by atoms with Gasteiger partial charge in [-0.3, -0.25) is 19.5 Å². The van der Waals surface area contributed by atoms with Crippen molar-refractivity contribution >= 4 is 38.3 Å². The third-order valence-corrected chi connectivity index (χ3v) is 5.52. The van der Waals surface area contributed by atoms with Gasteiger partial charge in [0.1, 0.15) is 5.84 Å². The zero-order chi connectivity index (χ0) is 19.7. The lowest BCUT2D eigenvalue weighted by Gasteiger charge is -2.30. The van der Waals surface area contributed by atoms with E-state index < -0.39 is 62.5 Å². The van der Waals surface area contributed by atoms with Crippen molar-refractivity contribution in [1.29, 1.82) is 5.41 Å². The highest BCUT2D eigenvalue weighted by molar-refractivity contribution is 7.90. The summed E-state index contributed by atoms with van der Waals surface area (Å²) in [6.07, 6.45) is 0.0132. The van der Waals surface area contributed by atoms with Gasteiger partial charge in [-0.05, 0) is 12.8 Å². The molecular formula is C11H18N4O9S2. The number of hydroxylamine groups is 2. The number of esters is 1. The summed E-state index contributed by atoms with van der Waals surface area (Å²) in [5, 5.41) is 8.42. The fourth-order valence-corrected chi connectivity index (χ4v) is 4.13. The second-order valence-electron chi connectivity index (χ2n) is 5.67. The number of amidine groups is 1. The maximum absolute atomic E-state index is 12.2. The number of piperidine rings is 1. The average molecular weight is 414 g/mol. The summed E-state index contributed by atoms with van der Waals surface area (Å²) in [6.45, 7) is 0.00525. The quantitative estimate of drug-likeness (QED) is 0.192. The summed E-state index contributed by atoms with van der Waals surface area (Å²) in [5.74, 6) is -1.81. The maximum Gasteiger partial charge on any atom is 0.418 e. The summed E-state index contributed by atoms with van der Waals surface area (Å²) >= 11 is 0. The number of fused-ring (bicyclic) bond motifs is 2. The number of nitrogens with one attached hydrogen (secondary N) is 2. The first-order valence-electron chi connectivity index (χ1n) is 7.36. The van der Waals surface area contributed by atoms with Crippen LogP contribution in [-0.4, -0.2) is 80.7 Å². The van der Waals surface area contributed by atoms with Crippen LogP contribution in [0, 0.1) is 5.41 Å². The Morgan fingerprint density at radius 1 is 1.35 bits per heavy atom. The molecule has 3 N–H and O–H groups in total. The molecule has 15 heteroatoms. The van der Waals surface area contributed by atoms with Crippen molar-refractivity contribution < 1.29 is 40.0 Å². The lowest BCUT2D eigenvalue weighted by atomic mass is 10.0. The van der Waals surface area contributed by atoms with E-state index in [-0.39, 0.29) is 19.4 Å².